The van der Waals surface area contributed by atoms with Crippen LogP contribution in [0.1, 0.15) is 62.1 Å². The van der Waals surface area contributed by atoms with E-state index in [2.05, 4.69) is 37.1 Å². The fraction of sp³-hybridized carbons (Fsp3) is 0.500. The summed E-state index contributed by atoms with van der Waals surface area (Å²) in [6.45, 7) is 2.98. The molecule has 0 amide bonds. The number of nitriles is 1. The van der Waals surface area contributed by atoms with Gasteiger partial charge in [0, 0.05) is 12.6 Å². The molecule has 3 rings (SSSR count). The minimum Gasteiger partial charge on any atom is -0.299 e. The second-order valence-electron chi connectivity index (χ2n) is 8.93. The van der Waals surface area contributed by atoms with Crippen molar-refractivity contribution in [2.24, 2.45) is 5.92 Å². The molecule has 0 aliphatic heterocycles. The van der Waals surface area contributed by atoms with Gasteiger partial charge in [0.15, 0.2) is 0 Å². The molecule has 1 aliphatic rings. The van der Waals surface area contributed by atoms with Gasteiger partial charge in [0.1, 0.15) is 0 Å². The Morgan fingerprint density at radius 1 is 1.00 bits per heavy atom. The summed E-state index contributed by atoms with van der Waals surface area (Å²) in [5, 5.41) is 10.3. The lowest BCUT2D eigenvalue weighted by atomic mass is 9.67. The zero-order valence-corrected chi connectivity index (χ0v) is 18.3. The molecule has 0 N–H and O–H groups in total. The third kappa shape index (κ3) is 5.49. The van der Waals surface area contributed by atoms with Crippen LogP contribution in [0.25, 0.3) is 0 Å². The van der Waals surface area contributed by atoms with Crippen molar-refractivity contribution >= 4 is 0 Å². The zero-order valence-electron chi connectivity index (χ0n) is 18.3. The summed E-state index contributed by atoms with van der Waals surface area (Å²) in [7, 11) is 2.08. The Balaban J connectivity index is 1.78. The third-order valence-corrected chi connectivity index (χ3v) is 6.96. The number of hydrogen-bond acceptors (Lipinski definition) is 2. The van der Waals surface area contributed by atoms with Gasteiger partial charge in [-0.25, -0.2) is 0 Å². The molecule has 1 fully saturated rings. The van der Waals surface area contributed by atoms with Gasteiger partial charge >= 0.3 is 6.18 Å². The predicted molar refractivity (Wildman–Crippen MR) is 117 cm³/mol. The van der Waals surface area contributed by atoms with Gasteiger partial charge in [0.2, 0.25) is 0 Å². The standard InChI is InChI=1S/C26H31F3N2/c1-20(31(2)18-21-8-4-3-5-9-21)16-17-25(19-30,22-10-6-7-11-22)23-12-14-24(15-13-23)26(27,28)29/h3-5,8-9,12-15,20,22H,6-7,10-11,16-18H2,1-2H3. The second-order valence-corrected chi connectivity index (χ2v) is 8.93. The first kappa shape index (κ1) is 23.3. The quantitative estimate of drug-likeness (QED) is 0.454. The minimum atomic E-state index is -4.37. The first-order valence-electron chi connectivity index (χ1n) is 11.1. The molecule has 5 heteroatoms. The molecule has 0 heterocycles. The van der Waals surface area contributed by atoms with Crippen LogP contribution in [0.2, 0.25) is 0 Å². The van der Waals surface area contributed by atoms with E-state index in [9.17, 15) is 18.4 Å². The largest absolute Gasteiger partial charge is 0.416 e. The van der Waals surface area contributed by atoms with Gasteiger partial charge in [0.25, 0.3) is 0 Å². The number of halogens is 3. The van der Waals surface area contributed by atoms with Crippen molar-refractivity contribution < 1.29 is 13.2 Å². The molecular formula is C26H31F3N2. The molecule has 0 bridgehead atoms. The third-order valence-electron chi connectivity index (χ3n) is 6.96. The van der Waals surface area contributed by atoms with E-state index in [1.54, 1.807) is 0 Å². The molecule has 0 aromatic heterocycles. The van der Waals surface area contributed by atoms with Crippen LogP contribution in [-0.2, 0) is 18.1 Å². The highest BCUT2D eigenvalue weighted by atomic mass is 19.4. The Bertz CT molecular complexity index is 864. The Labute approximate surface area is 183 Å². The molecule has 166 valence electrons. The molecule has 2 nitrogen and oxygen atoms in total. The van der Waals surface area contributed by atoms with Crippen LogP contribution in [0.3, 0.4) is 0 Å². The lowest BCUT2D eigenvalue weighted by Gasteiger charge is -2.36. The van der Waals surface area contributed by atoms with Gasteiger partial charge in [-0.2, -0.15) is 18.4 Å². The van der Waals surface area contributed by atoms with Crippen LogP contribution in [0.5, 0.6) is 0 Å². The summed E-state index contributed by atoms with van der Waals surface area (Å²) in [6.07, 6.45) is 1.19. The molecule has 2 atom stereocenters. The van der Waals surface area contributed by atoms with Gasteiger partial charge in [-0.3, -0.25) is 4.90 Å². The van der Waals surface area contributed by atoms with Gasteiger partial charge < -0.3 is 0 Å². The van der Waals surface area contributed by atoms with Gasteiger partial charge in [-0.15, -0.1) is 0 Å². The first-order chi connectivity index (χ1) is 14.8. The van der Waals surface area contributed by atoms with Crippen molar-refractivity contribution in [1.82, 2.24) is 4.90 Å². The first-order valence-corrected chi connectivity index (χ1v) is 11.1. The number of benzene rings is 2. The summed E-state index contributed by atoms with van der Waals surface area (Å²) in [5.41, 5.74) is 0.572. The molecule has 1 aliphatic carbocycles. The molecule has 2 unspecified atom stereocenters. The number of hydrogen-bond donors (Lipinski definition) is 0. The van der Waals surface area contributed by atoms with Gasteiger partial charge in [-0.1, -0.05) is 55.3 Å². The van der Waals surface area contributed by atoms with Gasteiger partial charge in [0.05, 0.1) is 17.0 Å². The highest BCUT2D eigenvalue weighted by Gasteiger charge is 2.42. The predicted octanol–water partition coefficient (Wildman–Crippen LogP) is 6.96. The topological polar surface area (TPSA) is 27.0 Å². The van der Waals surface area contributed by atoms with E-state index < -0.39 is 17.2 Å². The molecule has 2 aromatic carbocycles. The average Bonchev–Trinajstić information content (AvgIpc) is 3.30. The fourth-order valence-electron chi connectivity index (χ4n) is 4.86. The van der Waals surface area contributed by atoms with Crippen LogP contribution in [0, 0.1) is 17.2 Å². The van der Waals surface area contributed by atoms with Crippen molar-refractivity contribution in [2.45, 2.75) is 69.6 Å². The maximum Gasteiger partial charge on any atom is 0.416 e. The molecular weight excluding hydrogens is 397 g/mol. The summed E-state index contributed by atoms with van der Waals surface area (Å²) >= 11 is 0. The van der Waals surface area contributed by atoms with Crippen molar-refractivity contribution in [3.63, 3.8) is 0 Å². The Morgan fingerprint density at radius 3 is 2.13 bits per heavy atom. The minimum absolute atomic E-state index is 0.195. The highest BCUT2D eigenvalue weighted by Crippen LogP contribution is 2.46. The van der Waals surface area contributed by atoms with Crippen molar-refractivity contribution in [1.29, 1.82) is 5.26 Å². The maximum absolute atomic E-state index is 13.1. The van der Waals surface area contributed by atoms with E-state index in [1.807, 2.05) is 18.2 Å². The summed E-state index contributed by atoms with van der Waals surface area (Å²) in [6, 6.07) is 18.4. The van der Waals surface area contributed by atoms with Crippen LogP contribution in [0.4, 0.5) is 13.2 Å². The van der Waals surface area contributed by atoms with Crippen LogP contribution in [0.15, 0.2) is 54.6 Å². The average molecular weight is 429 g/mol. The zero-order chi connectivity index (χ0) is 22.5. The Morgan fingerprint density at radius 2 is 1.58 bits per heavy atom. The van der Waals surface area contributed by atoms with Crippen LogP contribution < -0.4 is 0 Å². The van der Waals surface area contributed by atoms with Crippen molar-refractivity contribution in [2.75, 3.05) is 7.05 Å². The second kappa shape index (κ2) is 9.87. The molecule has 0 saturated heterocycles. The summed E-state index contributed by atoms with van der Waals surface area (Å²) in [4.78, 5) is 2.28. The summed E-state index contributed by atoms with van der Waals surface area (Å²) < 4.78 is 39.2. The van der Waals surface area contributed by atoms with E-state index >= 15 is 0 Å². The fourth-order valence-corrected chi connectivity index (χ4v) is 4.86. The number of rotatable bonds is 8. The maximum atomic E-state index is 13.1. The monoisotopic (exact) mass is 428 g/mol. The van der Waals surface area contributed by atoms with E-state index in [4.69, 9.17) is 0 Å². The number of alkyl halides is 3. The molecule has 1 saturated carbocycles. The molecule has 0 spiro atoms. The molecule has 31 heavy (non-hydrogen) atoms. The van der Waals surface area contributed by atoms with Crippen molar-refractivity contribution in [3.8, 4) is 6.07 Å². The van der Waals surface area contributed by atoms with Crippen molar-refractivity contribution in [3.05, 3.63) is 71.3 Å². The Kier molecular flexibility index (Phi) is 7.43. The molecule has 2 aromatic rings. The highest BCUT2D eigenvalue weighted by molar-refractivity contribution is 5.37. The lowest BCUT2D eigenvalue weighted by molar-refractivity contribution is -0.137. The van der Waals surface area contributed by atoms with Crippen LogP contribution in [-0.4, -0.2) is 18.0 Å². The van der Waals surface area contributed by atoms with Crippen LogP contribution >= 0.6 is 0 Å². The Hall–Kier alpha value is -2.32. The van der Waals surface area contributed by atoms with E-state index in [-0.39, 0.29) is 12.0 Å². The normalized spacial score (nSPS) is 18.0. The van der Waals surface area contributed by atoms with Gasteiger partial charge in [-0.05, 0) is 68.8 Å². The van der Waals surface area contributed by atoms with E-state index in [0.29, 0.717) is 6.42 Å². The number of nitrogens with zero attached hydrogens (tertiary/aromatic N) is 2. The summed E-state index contributed by atoms with van der Waals surface area (Å²) in [5.74, 6) is 0.195. The van der Waals surface area contributed by atoms with E-state index in [0.717, 1.165) is 56.3 Å². The smallest absolute Gasteiger partial charge is 0.299 e. The van der Waals surface area contributed by atoms with E-state index in [1.165, 1.54) is 17.7 Å². The lowest BCUT2D eigenvalue weighted by Crippen LogP contribution is -2.36. The molecule has 0 radical (unpaired) electrons. The SMILES string of the molecule is CC(CCC(C#N)(c1ccc(C(F)(F)F)cc1)C1CCCC1)N(C)Cc1ccccc1.